The van der Waals surface area contributed by atoms with E-state index < -0.39 is 5.60 Å². The standard InChI is InChI=1S/C26H33FN4O4/c1-32-25-16-21(8-9-24(25)34-15-14-31-19-28-29-20-31)17-30-12-5-10-26(33-2,11-13-30)18-35-23-7-4-3-6-22(23)27/h3-4,6-9,16,19-20H,5,10-15,17-18H2,1-2H3/t26-/m1/s1. The van der Waals surface area contributed by atoms with Crippen molar-refractivity contribution in [1.82, 2.24) is 19.7 Å². The lowest BCUT2D eigenvalue weighted by Crippen LogP contribution is -2.39. The van der Waals surface area contributed by atoms with E-state index in [1.54, 1.807) is 45.1 Å². The first kappa shape index (κ1) is 24.9. The van der Waals surface area contributed by atoms with Crippen LogP contribution < -0.4 is 14.2 Å². The molecule has 3 aromatic rings. The third-order valence-corrected chi connectivity index (χ3v) is 6.46. The number of hydrogen-bond donors (Lipinski definition) is 0. The van der Waals surface area contributed by atoms with Crippen molar-refractivity contribution in [2.75, 3.05) is 40.5 Å². The van der Waals surface area contributed by atoms with Gasteiger partial charge in [0, 0.05) is 20.2 Å². The predicted molar refractivity (Wildman–Crippen MR) is 129 cm³/mol. The van der Waals surface area contributed by atoms with Crippen LogP contribution in [0.1, 0.15) is 24.8 Å². The van der Waals surface area contributed by atoms with E-state index in [1.807, 2.05) is 16.7 Å². The lowest BCUT2D eigenvalue weighted by atomic mass is 9.95. The number of hydrogen-bond acceptors (Lipinski definition) is 7. The summed E-state index contributed by atoms with van der Waals surface area (Å²) >= 11 is 0. The average molecular weight is 485 g/mol. The van der Waals surface area contributed by atoms with Gasteiger partial charge in [-0.3, -0.25) is 4.90 Å². The maximum Gasteiger partial charge on any atom is 0.165 e. The molecule has 0 unspecified atom stereocenters. The van der Waals surface area contributed by atoms with Gasteiger partial charge in [-0.25, -0.2) is 4.39 Å². The molecule has 35 heavy (non-hydrogen) atoms. The summed E-state index contributed by atoms with van der Waals surface area (Å²) in [4.78, 5) is 2.41. The van der Waals surface area contributed by atoms with Gasteiger partial charge in [0.2, 0.25) is 0 Å². The van der Waals surface area contributed by atoms with Gasteiger partial charge in [0.25, 0.3) is 0 Å². The first-order chi connectivity index (χ1) is 17.1. The molecule has 188 valence electrons. The molecule has 1 atom stereocenters. The van der Waals surface area contributed by atoms with E-state index in [-0.39, 0.29) is 11.6 Å². The molecule has 0 N–H and O–H groups in total. The summed E-state index contributed by atoms with van der Waals surface area (Å²) in [6, 6.07) is 12.6. The zero-order valence-corrected chi connectivity index (χ0v) is 20.4. The maximum atomic E-state index is 14.0. The number of aromatic nitrogens is 3. The first-order valence-electron chi connectivity index (χ1n) is 11.9. The van der Waals surface area contributed by atoms with Crippen molar-refractivity contribution in [3.05, 3.63) is 66.5 Å². The van der Waals surface area contributed by atoms with E-state index >= 15 is 0 Å². The van der Waals surface area contributed by atoms with Gasteiger partial charge in [0.05, 0.1) is 13.7 Å². The Labute approximate surface area is 205 Å². The second-order valence-electron chi connectivity index (χ2n) is 8.77. The van der Waals surface area contributed by atoms with E-state index in [0.717, 1.165) is 44.5 Å². The zero-order chi connectivity index (χ0) is 24.5. The number of rotatable bonds is 11. The van der Waals surface area contributed by atoms with Gasteiger partial charge in [-0.2, -0.15) is 0 Å². The molecule has 1 aliphatic rings. The van der Waals surface area contributed by atoms with Gasteiger partial charge in [0.1, 0.15) is 31.5 Å². The van der Waals surface area contributed by atoms with Gasteiger partial charge in [-0.1, -0.05) is 18.2 Å². The van der Waals surface area contributed by atoms with Crippen LogP contribution in [0.2, 0.25) is 0 Å². The molecule has 9 heteroatoms. The van der Waals surface area contributed by atoms with Crippen LogP contribution in [0.5, 0.6) is 17.2 Å². The van der Waals surface area contributed by atoms with Crippen LogP contribution in [-0.2, 0) is 17.8 Å². The van der Waals surface area contributed by atoms with Gasteiger partial charge in [0.15, 0.2) is 23.1 Å². The Balaban J connectivity index is 1.32. The summed E-state index contributed by atoms with van der Waals surface area (Å²) < 4.78 is 39.1. The Morgan fingerprint density at radius 3 is 2.54 bits per heavy atom. The molecular formula is C26H33FN4O4. The summed E-state index contributed by atoms with van der Waals surface area (Å²) in [6.07, 6.45) is 5.96. The van der Waals surface area contributed by atoms with E-state index in [2.05, 4.69) is 21.2 Å². The molecule has 2 aromatic carbocycles. The lowest BCUT2D eigenvalue weighted by molar-refractivity contribution is -0.0548. The molecule has 2 heterocycles. The minimum absolute atomic E-state index is 0.265. The summed E-state index contributed by atoms with van der Waals surface area (Å²) in [6.45, 7) is 4.08. The number of para-hydroxylation sites is 1. The summed E-state index contributed by atoms with van der Waals surface area (Å²) in [5.41, 5.74) is 0.720. The van der Waals surface area contributed by atoms with E-state index in [0.29, 0.717) is 31.3 Å². The quantitative estimate of drug-likeness (QED) is 0.408. The van der Waals surface area contributed by atoms with Crippen molar-refractivity contribution in [3.8, 4) is 17.2 Å². The largest absolute Gasteiger partial charge is 0.493 e. The van der Waals surface area contributed by atoms with Crippen LogP contribution in [0.4, 0.5) is 4.39 Å². The van der Waals surface area contributed by atoms with E-state index in [4.69, 9.17) is 18.9 Å². The fraction of sp³-hybridized carbons (Fsp3) is 0.462. The van der Waals surface area contributed by atoms with Crippen LogP contribution in [0.25, 0.3) is 0 Å². The minimum Gasteiger partial charge on any atom is -0.493 e. The first-order valence-corrected chi connectivity index (χ1v) is 11.9. The van der Waals surface area contributed by atoms with Gasteiger partial charge in [-0.05, 0) is 55.6 Å². The predicted octanol–water partition coefficient (Wildman–Crippen LogP) is 3.95. The molecule has 0 spiro atoms. The second kappa shape index (κ2) is 12.0. The van der Waals surface area contributed by atoms with Gasteiger partial charge < -0.3 is 23.5 Å². The number of halogens is 1. The maximum absolute atomic E-state index is 14.0. The number of benzene rings is 2. The average Bonchev–Trinajstić information content (AvgIpc) is 3.32. The van der Waals surface area contributed by atoms with Crippen molar-refractivity contribution in [1.29, 1.82) is 0 Å². The monoisotopic (exact) mass is 484 g/mol. The fourth-order valence-corrected chi connectivity index (χ4v) is 4.35. The fourth-order valence-electron chi connectivity index (χ4n) is 4.35. The van der Waals surface area contributed by atoms with Crippen LogP contribution in [0.15, 0.2) is 55.1 Å². The third-order valence-electron chi connectivity index (χ3n) is 6.46. The molecule has 4 rings (SSSR count). The molecular weight excluding hydrogens is 451 g/mol. The normalized spacial score (nSPS) is 18.7. The van der Waals surface area contributed by atoms with E-state index in [9.17, 15) is 4.39 Å². The summed E-state index contributed by atoms with van der Waals surface area (Å²) in [7, 11) is 3.37. The number of likely N-dealkylation sites (tertiary alicyclic amines) is 1. The second-order valence-corrected chi connectivity index (χ2v) is 8.77. The molecule has 0 amide bonds. The third kappa shape index (κ3) is 6.70. The Morgan fingerprint density at radius 2 is 1.77 bits per heavy atom. The topological polar surface area (TPSA) is 70.9 Å². The van der Waals surface area contributed by atoms with Crippen LogP contribution in [0, 0.1) is 5.82 Å². The molecule has 0 radical (unpaired) electrons. The lowest BCUT2D eigenvalue weighted by Gasteiger charge is -2.31. The van der Waals surface area contributed by atoms with Gasteiger partial charge in [-0.15, -0.1) is 10.2 Å². The van der Waals surface area contributed by atoms with Crippen LogP contribution in [0.3, 0.4) is 0 Å². The Hall–Kier alpha value is -3.17. The number of methoxy groups -OCH3 is 2. The Kier molecular flexibility index (Phi) is 8.54. The van der Waals surface area contributed by atoms with Crippen LogP contribution in [-0.4, -0.2) is 65.8 Å². The smallest absolute Gasteiger partial charge is 0.165 e. The molecule has 1 saturated heterocycles. The Morgan fingerprint density at radius 1 is 0.943 bits per heavy atom. The van der Waals surface area contributed by atoms with Crippen molar-refractivity contribution in [2.45, 2.75) is 38.0 Å². The highest BCUT2D eigenvalue weighted by Gasteiger charge is 2.34. The van der Waals surface area contributed by atoms with Crippen molar-refractivity contribution in [2.24, 2.45) is 0 Å². The molecule has 0 aliphatic carbocycles. The summed E-state index contributed by atoms with van der Waals surface area (Å²) in [5.74, 6) is 1.34. The summed E-state index contributed by atoms with van der Waals surface area (Å²) in [5, 5.41) is 7.59. The number of ether oxygens (including phenoxy) is 4. The Bertz CT molecular complexity index is 1070. The van der Waals surface area contributed by atoms with Gasteiger partial charge >= 0.3 is 0 Å². The molecule has 1 aromatic heterocycles. The van der Waals surface area contributed by atoms with Crippen LogP contribution >= 0.6 is 0 Å². The molecule has 1 fully saturated rings. The van der Waals surface area contributed by atoms with Crippen molar-refractivity contribution >= 4 is 0 Å². The van der Waals surface area contributed by atoms with Crippen molar-refractivity contribution < 1.29 is 23.3 Å². The molecule has 0 bridgehead atoms. The van der Waals surface area contributed by atoms with E-state index in [1.165, 1.54) is 6.07 Å². The highest BCUT2D eigenvalue weighted by Crippen LogP contribution is 2.31. The number of nitrogens with zero attached hydrogens (tertiary/aromatic N) is 4. The highest BCUT2D eigenvalue weighted by molar-refractivity contribution is 5.43. The minimum atomic E-state index is -0.433. The molecule has 0 saturated carbocycles. The highest BCUT2D eigenvalue weighted by atomic mass is 19.1. The van der Waals surface area contributed by atoms with Crippen molar-refractivity contribution in [3.63, 3.8) is 0 Å². The molecule has 8 nitrogen and oxygen atoms in total. The molecule has 1 aliphatic heterocycles. The SMILES string of the molecule is COc1cc(CN2CCC[C@@](COc3ccccc3F)(OC)CC2)ccc1OCCn1cnnc1. The zero-order valence-electron chi connectivity index (χ0n) is 20.4.